The fraction of sp³-hybridized carbons (Fsp3) is 0.429. The first-order valence-corrected chi connectivity index (χ1v) is 3.76. The lowest BCUT2D eigenvalue weighted by Gasteiger charge is -2.33. The summed E-state index contributed by atoms with van der Waals surface area (Å²) in [5, 5.41) is 15.0. The van der Waals surface area contributed by atoms with Crippen LogP contribution in [0.3, 0.4) is 0 Å². The van der Waals surface area contributed by atoms with Gasteiger partial charge in [0.15, 0.2) is 0 Å². The molecule has 1 aliphatic carbocycles. The topological polar surface area (TPSA) is 95.9 Å². The van der Waals surface area contributed by atoms with Crippen LogP contribution in [0.25, 0.3) is 0 Å². The van der Waals surface area contributed by atoms with Crippen LogP contribution in [0.4, 0.5) is 0 Å². The first-order chi connectivity index (χ1) is 6.15. The molecular weight excluding hydrogens is 174 g/mol. The average Bonchev–Trinajstić information content (AvgIpc) is 2.49. The number of ketones is 1. The minimum absolute atomic E-state index is 0.0114. The van der Waals surface area contributed by atoms with Crippen molar-refractivity contribution in [2.75, 3.05) is 0 Å². The minimum atomic E-state index is -1.15. The molecule has 0 spiro atoms. The van der Waals surface area contributed by atoms with Gasteiger partial charge in [0.1, 0.15) is 23.3 Å². The lowest BCUT2D eigenvalue weighted by atomic mass is 9.67. The molecular formula is C7H7N3O3. The number of aromatic nitrogens is 3. The third-order valence-electron chi connectivity index (χ3n) is 2.28. The van der Waals surface area contributed by atoms with Crippen molar-refractivity contribution in [1.82, 2.24) is 15.2 Å². The summed E-state index contributed by atoms with van der Waals surface area (Å²) in [6.45, 7) is 0. The molecule has 6 heteroatoms. The highest BCUT2D eigenvalue weighted by Gasteiger charge is 2.53. The molecule has 1 fully saturated rings. The average molecular weight is 181 g/mol. The van der Waals surface area contributed by atoms with Crippen LogP contribution in [0.15, 0.2) is 6.33 Å². The smallest absolute Gasteiger partial charge is 0.318 e. The highest BCUT2D eigenvalue weighted by Crippen LogP contribution is 2.39. The zero-order valence-electron chi connectivity index (χ0n) is 6.65. The van der Waals surface area contributed by atoms with Crippen LogP contribution in [-0.2, 0) is 15.0 Å². The van der Waals surface area contributed by atoms with Gasteiger partial charge in [-0.1, -0.05) is 0 Å². The van der Waals surface area contributed by atoms with Crippen molar-refractivity contribution in [1.29, 1.82) is 0 Å². The van der Waals surface area contributed by atoms with E-state index in [-0.39, 0.29) is 24.4 Å². The molecule has 1 aliphatic rings. The van der Waals surface area contributed by atoms with Gasteiger partial charge in [-0.25, -0.2) is 4.98 Å². The summed E-state index contributed by atoms with van der Waals surface area (Å²) in [5.74, 6) is -0.817. The van der Waals surface area contributed by atoms with Gasteiger partial charge in [0.05, 0.1) is 0 Å². The van der Waals surface area contributed by atoms with Gasteiger partial charge in [0, 0.05) is 12.8 Å². The summed E-state index contributed by atoms with van der Waals surface area (Å²) < 4.78 is 0. The number of aromatic amines is 1. The summed E-state index contributed by atoms with van der Waals surface area (Å²) in [4.78, 5) is 25.5. The van der Waals surface area contributed by atoms with Gasteiger partial charge >= 0.3 is 5.97 Å². The molecule has 1 heterocycles. The lowest BCUT2D eigenvalue weighted by molar-refractivity contribution is -0.153. The van der Waals surface area contributed by atoms with Crippen LogP contribution >= 0.6 is 0 Å². The third kappa shape index (κ3) is 0.947. The van der Waals surface area contributed by atoms with E-state index in [4.69, 9.17) is 5.11 Å². The maximum Gasteiger partial charge on any atom is 0.318 e. The molecule has 13 heavy (non-hydrogen) atoms. The van der Waals surface area contributed by atoms with Crippen LogP contribution in [0.5, 0.6) is 0 Å². The van der Waals surface area contributed by atoms with Crippen LogP contribution < -0.4 is 0 Å². The molecule has 0 saturated heterocycles. The Bertz CT molecular complexity index is 349. The van der Waals surface area contributed by atoms with Crippen molar-refractivity contribution in [3.63, 3.8) is 0 Å². The molecule has 2 rings (SSSR count). The first-order valence-electron chi connectivity index (χ1n) is 3.76. The monoisotopic (exact) mass is 181 g/mol. The number of nitrogens with one attached hydrogen (secondary N) is 1. The highest BCUT2D eigenvalue weighted by atomic mass is 16.4. The number of carboxylic acid groups (broad SMARTS) is 1. The zero-order valence-corrected chi connectivity index (χ0v) is 6.65. The number of carbonyl (C=O) groups is 2. The quantitative estimate of drug-likeness (QED) is 0.640. The second kappa shape index (κ2) is 2.38. The molecule has 0 aliphatic heterocycles. The number of carboxylic acids is 1. The maximum absolute atomic E-state index is 10.9. The molecule has 1 aromatic heterocycles. The normalized spacial score (nSPS) is 19.5. The molecule has 1 aromatic rings. The summed E-state index contributed by atoms with van der Waals surface area (Å²) >= 11 is 0. The predicted molar refractivity (Wildman–Crippen MR) is 39.9 cm³/mol. The summed E-state index contributed by atoms with van der Waals surface area (Å²) in [7, 11) is 0. The highest BCUT2D eigenvalue weighted by molar-refractivity contribution is 6.00. The van der Waals surface area contributed by atoms with Gasteiger partial charge in [-0.2, -0.15) is 5.10 Å². The zero-order chi connectivity index (χ0) is 9.47. The molecule has 0 unspecified atom stereocenters. The van der Waals surface area contributed by atoms with Crippen molar-refractivity contribution in [2.24, 2.45) is 0 Å². The van der Waals surface area contributed by atoms with E-state index in [2.05, 4.69) is 15.2 Å². The molecule has 0 radical (unpaired) electrons. The van der Waals surface area contributed by atoms with E-state index >= 15 is 0 Å². The largest absolute Gasteiger partial charge is 0.480 e. The first kappa shape index (κ1) is 7.90. The molecule has 0 amide bonds. The van der Waals surface area contributed by atoms with Crippen molar-refractivity contribution in [2.45, 2.75) is 18.3 Å². The lowest BCUT2D eigenvalue weighted by Crippen LogP contribution is -2.49. The summed E-state index contributed by atoms with van der Waals surface area (Å²) in [6, 6.07) is 0. The summed E-state index contributed by atoms with van der Waals surface area (Å²) in [6.07, 6.45) is 1.26. The van der Waals surface area contributed by atoms with E-state index in [1.807, 2.05) is 0 Å². The Hall–Kier alpha value is -1.72. The van der Waals surface area contributed by atoms with E-state index in [9.17, 15) is 9.59 Å². The van der Waals surface area contributed by atoms with E-state index in [0.29, 0.717) is 0 Å². The number of rotatable bonds is 2. The van der Waals surface area contributed by atoms with Gasteiger partial charge in [0.25, 0.3) is 0 Å². The molecule has 1 saturated carbocycles. The van der Waals surface area contributed by atoms with Crippen LogP contribution in [-0.4, -0.2) is 32.0 Å². The van der Waals surface area contributed by atoms with E-state index in [0.717, 1.165) is 0 Å². The van der Waals surface area contributed by atoms with E-state index < -0.39 is 11.4 Å². The number of Topliss-reactive ketones (excluding diaryl/α,β-unsaturated/α-hetero) is 1. The number of H-pyrrole nitrogens is 1. The number of hydrogen-bond donors (Lipinski definition) is 2. The Balaban J connectivity index is 2.37. The Labute approximate surface area is 73.0 Å². The fourth-order valence-corrected chi connectivity index (χ4v) is 1.48. The Morgan fingerprint density at radius 2 is 2.31 bits per heavy atom. The number of carbonyl (C=O) groups excluding carboxylic acids is 1. The second-order valence-corrected chi connectivity index (χ2v) is 3.11. The Morgan fingerprint density at radius 1 is 1.62 bits per heavy atom. The minimum Gasteiger partial charge on any atom is -0.480 e. The Kier molecular flexibility index (Phi) is 1.45. The van der Waals surface area contributed by atoms with Gasteiger partial charge in [-0.15, -0.1) is 0 Å². The number of aliphatic carboxylic acids is 1. The number of nitrogens with zero attached hydrogens (tertiary/aromatic N) is 2. The fourth-order valence-electron chi connectivity index (χ4n) is 1.48. The standard InChI is InChI=1S/C7H7N3O3/c11-4-1-7(2-4,6(12)13)5-8-3-9-10-5/h3H,1-2H2,(H,12,13)(H,8,9,10). The molecule has 2 N–H and O–H groups in total. The van der Waals surface area contributed by atoms with Crippen molar-refractivity contribution >= 4 is 11.8 Å². The third-order valence-corrected chi connectivity index (χ3v) is 2.28. The van der Waals surface area contributed by atoms with E-state index in [1.165, 1.54) is 6.33 Å². The van der Waals surface area contributed by atoms with Gasteiger partial charge in [-0.05, 0) is 0 Å². The second-order valence-electron chi connectivity index (χ2n) is 3.11. The van der Waals surface area contributed by atoms with E-state index in [1.54, 1.807) is 0 Å². The number of hydrogen-bond acceptors (Lipinski definition) is 4. The Morgan fingerprint density at radius 3 is 2.69 bits per heavy atom. The van der Waals surface area contributed by atoms with Crippen molar-refractivity contribution in [3.8, 4) is 0 Å². The molecule has 0 aromatic carbocycles. The molecule has 0 bridgehead atoms. The van der Waals surface area contributed by atoms with Gasteiger partial charge in [-0.3, -0.25) is 14.7 Å². The molecule has 68 valence electrons. The van der Waals surface area contributed by atoms with Gasteiger partial charge in [0.2, 0.25) is 0 Å². The van der Waals surface area contributed by atoms with Gasteiger partial charge < -0.3 is 5.11 Å². The van der Waals surface area contributed by atoms with Crippen molar-refractivity contribution in [3.05, 3.63) is 12.2 Å². The molecule has 0 atom stereocenters. The predicted octanol–water partition coefficient (Wildman–Crippen LogP) is -0.510. The van der Waals surface area contributed by atoms with Crippen LogP contribution in [0.2, 0.25) is 0 Å². The van der Waals surface area contributed by atoms with Crippen molar-refractivity contribution < 1.29 is 14.7 Å². The van der Waals surface area contributed by atoms with Crippen LogP contribution in [0, 0.1) is 0 Å². The summed E-state index contributed by atoms with van der Waals surface area (Å²) in [5.41, 5.74) is -1.15. The maximum atomic E-state index is 10.9. The van der Waals surface area contributed by atoms with Crippen LogP contribution in [0.1, 0.15) is 18.7 Å². The SMILES string of the molecule is O=C1CC(C(=O)O)(c2ncn[nH]2)C1. The molecule has 6 nitrogen and oxygen atoms in total.